The van der Waals surface area contributed by atoms with E-state index in [0.29, 0.717) is 0 Å². The predicted molar refractivity (Wildman–Crippen MR) is 75.7 cm³/mol. The zero-order valence-corrected chi connectivity index (χ0v) is 10.4. The fourth-order valence-electron chi connectivity index (χ4n) is 2.64. The van der Waals surface area contributed by atoms with Gasteiger partial charge in [0.2, 0.25) is 0 Å². The van der Waals surface area contributed by atoms with Crippen molar-refractivity contribution in [2.45, 2.75) is 12.5 Å². The zero-order chi connectivity index (χ0) is 12.4. The number of nitrogens with zero attached hydrogens (tertiary/aromatic N) is 1. The molecule has 92 valence electrons. The Labute approximate surface area is 108 Å². The molecular formula is C16H18N2. The Hall–Kier alpha value is -1.80. The molecule has 0 aliphatic carbocycles. The average molecular weight is 238 g/mol. The van der Waals surface area contributed by atoms with Crippen LogP contribution in [0.1, 0.15) is 17.2 Å². The lowest BCUT2D eigenvalue weighted by Crippen LogP contribution is -2.30. The van der Waals surface area contributed by atoms with Crippen LogP contribution in [0.3, 0.4) is 0 Å². The SMILES string of the molecule is N[C@H](CN1CCc2ccccc21)c1ccccc1. The summed E-state index contributed by atoms with van der Waals surface area (Å²) >= 11 is 0. The minimum atomic E-state index is 0.0809. The molecule has 2 nitrogen and oxygen atoms in total. The van der Waals surface area contributed by atoms with E-state index in [1.807, 2.05) is 18.2 Å². The number of anilines is 1. The molecule has 3 rings (SSSR count). The highest BCUT2D eigenvalue weighted by atomic mass is 15.2. The van der Waals surface area contributed by atoms with Crippen molar-refractivity contribution in [3.05, 3.63) is 65.7 Å². The molecule has 0 aromatic heterocycles. The highest BCUT2D eigenvalue weighted by Gasteiger charge is 2.20. The van der Waals surface area contributed by atoms with Crippen LogP contribution in [0.5, 0.6) is 0 Å². The van der Waals surface area contributed by atoms with Gasteiger partial charge in [-0.25, -0.2) is 0 Å². The van der Waals surface area contributed by atoms with Crippen LogP contribution in [0.15, 0.2) is 54.6 Å². The van der Waals surface area contributed by atoms with Crippen LogP contribution < -0.4 is 10.6 Å². The van der Waals surface area contributed by atoms with E-state index in [2.05, 4.69) is 41.3 Å². The molecule has 2 N–H and O–H groups in total. The largest absolute Gasteiger partial charge is 0.369 e. The monoisotopic (exact) mass is 238 g/mol. The van der Waals surface area contributed by atoms with Crippen LogP contribution in [-0.4, -0.2) is 13.1 Å². The molecule has 2 aromatic rings. The fourth-order valence-corrected chi connectivity index (χ4v) is 2.64. The first-order valence-electron chi connectivity index (χ1n) is 6.48. The second kappa shape index (κ2) is 4.83. The van der Waals surface area contributed by atoms with E-state index in [1.54, 1.807) is 0 Å². The van der Waals surface area contributed by atoms with Crippen molar-refractivity contribution >= 4 is 5.69 Å². The molecule has 0 saturated carbocycles. The lowest BCUT2D eigenvalue weighted by atomic mass is 10.1. The second-order valence-electron chi connectivity index (χ2n) is 4.84. The molecule has 1 atom stereocenters. The number of nitrogens with two attached hydrogens (primary N) is 1. The molecule has 0 bridgehead atoms. The maximum Gasteiger partial charge on any atom is 0.0473 e. The summed E-state index contributed by atoms with van der Waals surface area (Å²) in [7, 11) is 0. The molecule has 0 spiro atoms. The average Bonchev–Trinajstić information content (AvgIpc) is 2.83. The molecular weight excluding hydrogens is 220 g/mol. The minimum absolute atomic E-state index is 0.0809. The van der Waals surface area contributed by atoms with Gasteiger partial charge in [0.05, 0.1) is 0 Å². The van der Waals surface area contributed by atoms with Crippen molar-refractivity contribution in [3.8, 4) is 0 Å². The van der Waals surface area contributed by atoms with Gasteiger partial charge in [0.25, 0.3) is 0 Å². The summed E-state index contributed by atoms with van der Waals surface area (Å²) in [5.41, 5.74) is 10.3. The van der Waals surface area contributed by atoms with Crippen LogP contribution in [0.4, 0.5) is 5.69 Å². The topological polar surface area (TPSA) is 29.3 Å². The van der Waals surface area contributed by atoms with Gasteiger partial charge in [0, 0.05) is 24.8 Å². The first-order chi connectivity index (χ1) is 8.84. The van der Waals surface area contributed by atoms with E-state index in [-0.39, 0.29) is 6.04 Å². The molecule has 0 fully saturated rings. The molecule has 0 unspecified atom stereocenters. The molecule has 1 heterocycles. The van der Waals surface area contributed by atoms with E-state index in [1.165, 1.54) is 16.8 Å². The van der Waals surface area contributed by atoms with Crippen molar-refractivity contribution in [2.75, 3.05) is 18.0 Å². The Kier molecular flexibility index (Phi) is 3.03. The highest BCUT2D eigenvalue weighted by molar-refractivity contribution is 5.58. The van der Waals surface area contributed by atoms with Crippen molar-refractivity contribution in [2.24, 2.45) is 5.73 Å². The Morgan fingerprint density at radius 3 is 2.56 bits per heavy atom. The number of fused-ring (bicyclic) bond motifs is 1. The smallest absolute Gasteiger partial charge is 0.0473 e. The maximum atomic E-state index is 6.29. The van der Waals surface area contributed by atoms with Gasteiger partial charge in [-0.15, -0.1) is 0 Å². The van der Waals surface area contributed by atoms with E-state index < -0.39 is 0 Å². The Morgan fingerprint density at radius 2 is 1.72 bits per heavy atom. The molecule has 1 aliphatic rings. The summed E-state index contributed by atoms with van der Waals surface area (Å²) in [5.74, 6) is 0. The number of benzene rings is 2. The number of para-hydroxylation sites is 1. The Morgan fingerprint density at radius 1 is 1.00 bits per heavy atom. The van der Waals surface area contributed by atoms with Crippen LogP contribution >= 0.6 is 0 Å². The minimum Gasteiger partial charge on any atom is -0.369 e. The van der Waals surface area contributed by atoms with Crippen LogP contribution in [0.2, 0.25) is 0 Å². The van der Waals surface area contributed by atoms with Gasteiger partial charge in [-0.1, -0.05) is 48.5 Å². The van der Waals surface area contributed by atoms with Crippen molar-refractivity contribution in [1.82, 2.24) is 0 Å². The summed E-state index contributed by atoms with van der Waals surface area (Å²) in [6.45, 7) is 1.97. The van der Waals surface area contributed by atoms with Crippen molar-refractivity contribution in [3.63, 3.8) is 0 Å². The normalized spacial score (nSPS) is 15.5. The van der Waals surface area contributed by atoms with Gasteiger partial charge >= 0.3 is 0 Å². The molecule has 2 heteroatoms. The summed E-state index contributed by atoms with van der Waals surface area (Å²) in [6.07, 6.45) is 1.14. The van der Waals surface area contributed by atoms with E-state index in [4.69, 9.17) is 5.73 Å². The fraction of sp³-hybridized carbons (Fsp3) is 0.250. The summed E-state index contributed by atoms with van der Waals surface area (Å²) < 4.78 is 0. The van der Waals surface area contributed by atoms with E-state index in [9.17, 15) is 0 Å². The quantitative estimate of drug-likeness (QED) is 0.891. The Balaban J connectivity index is 1.75. The van der Waals surface area contributed by atoms with E-state index >= 15 is 0 Å². The molecule has 0 amide bonds. The summed E-state index contributed by atoms with van der Waals surface area (Å²) in [6, 6.07) is 19.0. The van der Waals surface area contributed by atoms with Crippen molar-refractivity contribution in [1.29, 1.82) is 0 Å². The van der Waals surface area contributed by atoms with Gasteiger partial charge in [-0.2, -0.15) is 0 Å². The summed E-state index contributed by atoms with van der Waals surface area (Å²) in [4.78, 5) is 2.40. The molecule has 0 saturated heterocycles. The van der Waals surface area contributed by atoms with E-state index in [0.717, 1.165) is 19.5 Å². The lowest BCUT2D eigenvalue weighted by Gasteiger charge is -2.23. The van der Waals surface area contributed by atoms with Gasteiger partial charge in [0.1, 0.15) is 0 Å². The van der Waals surface area contributed by atoms with Crippen molar-refractivity contribution < 1.29 is 0 Å². The lowest BCUT2D eigenvalue weighted by molar-refractivity contribution is 0.681. The van der Waals surface area contributed by atoms with Gasteiger partial charge in [-0.3, -0.25) is 0 Å². The Bertz CT molecular complexity index is 522. The maximum absolute atomic E-state index is 6.29. The predicted octanol–water partition coefficient (Wildman–Crippen LogP) is 2.75. The molecule has 1 aliphatic heterocycles. The van der Waals surface area contributed by atoms with Crippen LogP contribution in [-0.2, 0) is 6.42 Å². The molecule has 2 aromatic carbocycles. The van der Waals surface area contributed by atoms with Crippen LogP contribution in [0.25, 0.3) is 0 Å². The first-order valence-corrected chi connectivity index (χ1v) is 6.48. The van der Waals surface area contributed by atoms with Crippen LogP contribution in [0, 0.1) is 0 Å². The number of hydrogen-bond donors (Lipinski definition) is 1. The van der Waals surface area contributed by atoms with Gasteiger partial charge in [0.15, 0.2) is 0 Å². The standard InChI is InChI=1S/C16H18N2/c17-15(13-6-2-1-3-7-13)12-18-11-10-14-8-4-5-9-16(14)18/h1-9,15H,10-12,17H2/t15-/m1/s1. The third kappa shape index (κ3) is 2.12. The van der Waals surface area contributed by atoms with Gasteiger partial charge < -0.3 is 10.6 Å². The first kappa shape index (κ1) is 11.3. The zero-order valence-electron chi connectivity index (χ0n) is 10.4. The number of hydrogen-bond acceptors (Lipinski definition) is 2. The number of rotatable bonds is 3. The second-order valence-corrected chi connectivity index (χ2v) is 4.84. The molecule has 0 radical (unpaired) electrons. The third-order valence-electron chi connectivity index (χ3n) is 3.63. The third-order valence-corrected chi connectivity index (χ3v) is 3.63. The molecule has 18 heavy (non-hydrogen) atoms. The highest BCUT2D eigenvalue weighted by Crippen LogP contribution is 2.28. The summed E-state index contributed by atoms with van der Waals surface area (Å²) in [5, 5.41) is 0. The van der Waals surface area contributed by atoms with Gasteiger partial charge in [-0.05, 0) is 23.6 Å².